The van der Waals surface area contributed by atoms with Gasteiger partial charge in [0.1, 0.15) is 6.33 Å². The number of esters is 1. The molecule has 0 bridgehead atoms. The van der Waals surface area contributed by atoms with Crippen LogP contribution in [0.3, 0.4) is 0 Å². The number of aromatic nitrogens is 3. The summed E-state index contributed by atoms with van der Waals surface area (Å²) in [5, 5.41) is 7.66. The maximum Gasteiger partial charge on any atom is 0.308 e. The predicted octanol–water partition coefficient (Wildman–Crippen LogP) is 1.03. The third kappa shape index (κ3) is 4.02. The largest absolute Gasteiger partial charge is 0.466 e. The van der Waals surface area contributed by atoms with Gasteiger partial charge in [-0.3, -0.25) is 9.48 Å². The second-order valence-corrected chi connectivity index (χ2v) is 5.03. The molecule has 1 saturated carbocycles. The highest BCUT2D eigenvalue weighted by molar-refractivity contribution is 5.72. The molecule has 1 aliphatic rings. The normalized spacial score (nSPS) is 23.3. The Morgan fingerprint density at radius 1 is 1.58 bits per heavy atom. The molecule has 1 aromatic heterocycles. The Morgan fingerprint density at radius 2 is 2.42 bits per heavy atom. The summed E-state index contributed by atoms with van der Waals surface area (Å²) in [4.78, 5) is 15.9. The Bertz CT molecular complexity index is 419. The zero-order valence-corrected chi connectivity index (χ0v) is 11.6. The number of hydrogen-bond donors (Lipinski definition) is 1. The minimum atomic E-state index is -0.0510. The van der Waals surface area contributed by atoms with Crippen molar-refractivity contribution in [3.05, 3.63) is 12.2 Å². The maximum absolute atomic E-state index is 11.7. The van der Waals surface area contributed by atoms with Gasteiger partial charge in [0.15, 0.2) is 5.82 Å². The summed E-state index contributed by atoms with van der Waals surface area (Å²) in [6.45, 7) is 2.97. The molecule has 0 spiro atoms. The number of hydrogen-bond acceptors (Lipinski definition) is 5. The summed E-state index contributed by atoms with van der Waals surface area (Å²) < 4.78 is 6.79. The van der Waals surface area contributed by atoms with Gasteiger partial charge in [-0.1, -0.05) is 6.42 Å². The number of aryl methyl sites for hydroxylation is 1. The molecule has 19 heavy (non-hydrogen) atoms. The molecular weight excluding hydrogens is 244 g/mol. The fourth-order valence-corrected chi connectivity index (χ4v) is 2.55. The third-order valence-electron chi connectivity index (χ3n) is 3.49. The van der Waals surface area contributed by atoms with Crippen LogP contribution in [0.5, 0.6) is 0 Å². The SMILES string of the molecule is CCOC(=O)C1CCCC(NCc2ncn(C)n2)C1. The van der Waals surface area contributed by atoms with Gasteiger partial charge in [0.25, 0.3) is 0 Å². The van der Waals surface area contributed by atoms with E-state index in [-0.39, 0.29) is 11.9 Å². The number of nitrogens with zero attached hydrogens (tertiary/aromatic N) is 3. The fourth-order valence-electron chi connectivity index (χ4n) is 2.55. The molecular formula is C13H22N4O2. The Morgan fingerprint density at radius 3 is 3.11 bits per heavy atom. The van der Waals surface area contributed by atoms with Crippen molar-refractivity contribution in [3.63, 3.8) is 0 Å². The van der Waals surface area contributed by atoms with Crippen molar-refractivity contribution in [2.75, 3.05) is 6.61 Å². The van der Waals surface area contributed by atoms with Gasteiger partial charge in [-0.25, -0.2) is 4.98 Å². The van der Waals surface area contributed by atoms with E-state index in [4.69, 9.17) is 4.74 Å². The van der Waals surface area contributed by atoms with Gasteiger partial charge >= 0.3 is 5.97 Å². The van der Waals surface area contributed by atoms with Gasteiger partial charge in [-0.2, -0.15) is 5.10 Å². The lowest BCUT2D eigenvalue weighted by Gasteiger charge is -2.28. The molecule has 1 N–H and O–H groups in total. The zero-order valence-electron chi connectivity index (χ0n) is 11.6. The van der Waals surface area contributed by atoms with E-state index in [2.05, 4.69) is 15.4 Å². The fraction of sp³-hybridized carbons (Fsp3) is 0.769. The first-order valence-electron chi connectivity index (χ1n) is 6.93. The molecule has 1 aromatic rings. The van der Waals surface area contributed by atoms with Crippen molar-refractivity contribution >= 4 is 5.97 Å². The number of carbonyl (C=O) groups is 1. The van der Waals surface area contributed by atoms with E-state index >= 15 is 0 Å². The molecule has 1 fully saturated rings. The predicted molar refractivity (Wildman–Crippen MR) is 70.2 cm³/mol. The number of rotatable bonds is 5. The molecule has 2 atom stereocenters. The van der Waals surface area contributed by atoms with Gasteiger partial charge in [-0.15, -0.1) is 0 Å². The van der Waals surface area contributed by atoms with Crippen LogP contribution in [-0.4, -0.2) is 33.4 Å². The van der Waals surface area contributed by atoms with E-state index in [1.54, 1.807) is 11.0 Å². The number of ether oxygens (including phenoxy) is 1. The quantitative estimate of drug-likeness (QED) is 0.806. The molecule has 0 aliphatic heterocycles. The van der Waals surface area contributed by atoms with Crippen LogP contribution in [0.4, 0.5) is 0 Å². The van der Waals surface area contributed by atoms with E-state index in [0.29, 0.717) is 19.2 Å². The summed E-state index contributed by atoms with van der Waals surface area (Å²) >= 11 is 0. The first-order valence-corrected chi connectivity index (χ1v) is 6.93. The van der Waals surface area contributed by atoms with Crippen LogP contribution in [0.15, 0.2) is 6.33 Å². The minimum Gasteiger partial charge on any atom is -0.466 e. The monoisotopic (exact) mass is 266 g/mol. The van der Waals surface area contributed by atoms with Crippen LogP contribution in [0.1, 0.15) is 38.4 Å². The Hall–Kier alpha value is -1.43. The summed E-state index contributed by atoms with van der Waals surface area (Å²) in [5.41, 5.74) is 0. The van der Waals surface area contributed by atoms with Crippen LogP contribution in [0.2, 0.25) is 0 Å². The summed E-state index contributed by atoms with van der Waals surface area (Å²) in [7, 11) is 1.86. The molecule has 0 saturated heterocycles. The molecule has 0 amide bonds. The average molecular weight is 266 g/mol. The van der Waals surface area contributed by atoms with Crippen molar-refractivity contribution < 1.29 is 9.53 Å². The van der Waals surface area contributed by atoms with Crippen molar-refractivity contribution in [2.45, 2.75) is 45.2 Å². The molecule has 1 aliphatic carbocycles. The van der Waals surface area contributed by atoms with Gasteiger partial charge < -0.3 is 10.1 Å². The lowest BCUT2D eigenvalue weighted by atomic mass is 9.86. The van der Waals surface area contributed by atoms with Gasteiger partial charge in [-0.05, 0) is 26.2 Å². The Labute approximate surface area is 113 Å². The number of nitrogens with one attached hydrogen (secondary N) is 1. The van der Waals surface area contributed by atoms with Gasteiger partial charge in [0.2, 0.25) is 0 Å². The lowest BCUT2D eigenvalue weighted by molar-refractivity contribution is -0.149. The first kappa shape index (κ1) is 14.0. The highest BCUT2D eigenvalue weighted by Crippen LogP contribution is 2.25. The molecule has 2 unspecified atom stereocenters. The van der Waals surface area contributed by atoms with Crippen LogP contribution in [0.25, 0.3) is 0 Å². The molecule has 6 nitrogen and oxygen atoms in total. The van der Waals surface area contributed by atoms with Crippen molar-refractivity contribution in [3.8, 4) is 0 Å². The number of carbonyl (C=O) groups excluding carboxylic acids is 1. The minimum absolute atomic E-state index is 0.0443. The van der Waals surface area contributed by atoms with Crippen molar-refractivity contribution in [1.29, 1.82) is 0 Å². The highest BCUT2D eigenvalue weighted by Gasteiger charge is 2.27. The van der Waals surface area contributed by atoms with Crippen LogP contribution in [-0.2, 0) is 23.1 Å². The summed E-state index contributed by atoms with van der Waals surface area (Å²) in [5.74, 6) is 0.786. The Kier molecular flexibility index (Phi) is 4.90. The maximum atomic E-state index is 11.7. The summed E-state index contributed by atoms with van der Waals surface area (Å²) in [6.07, 6.45) is 5.66. The second-order valence-electron chi connectivity index (χ2n) is 5.03. The average Bonchev–Trinajstić information content (AvgIpc) is 2.83. The summed E-state index contributed by atoms with van der Waals surface area (Å²) in [6, 6.07) is 0.354. The molecule has 0 aromatic carbocycles. The second kappa shape index (κ2) is 6.65. The standard InChI is InChI=1S/C13H22N4O2/c1-3-19-13(18)10-5-4-6-11(7-10)14-8-12-15-9-17(2)16-12/h9-11,14H,3-8H2,1-2H3. The third-order valence-corrected chi connectivity index (χ3v) is 3.49. The first-order chi connectivity index (χ1) is 9.19. The topological polar surface area (TPSA) is 69.0 Å². The van der Waals surface area contributed by atoms with E-state index in [1.165, 1.54) is 0 Å². The van der Waals surface area contributed by atoms with Crippen LogP contribution >= 0.6 is 0 Å². The Balaban J connectivity index is 1.79. The van der Waals surface area contributed by atoms with Crippen LogP contribution in [0, 0.1) is 5.92 Å². The van der Waals surface area contributed by atoms with E-state index in [1.807, 2.05) is 14.0 Å². The van der Waals surface area contributed by atoms with Crippen molar-refractivity contribution in [1.82, 2.24) is 20.1 Å². The highest BCUT2D eigenvalue weighted by atomic mass is 16.5. The molecule has 2 rings (SSSR count). The molecule has 6 heteroatoms. The smallest absolute Gasteiger partial charge is 0.308 e. The van der Waals surface area contributed by atoms with E-state index in [9.17, 15) is 4.79 Å². The molecule has 1 heterocycles. The van der Waals surface area contributed by atoms with Gasteiger partial charge in [0.05, 0.1) is 19.1 Å². The van der Waals surface area contributed by atoms with Crippen LogP contribution < -0.4 is 5.32 Å². The van der Waals surface area contributed by atoms with Crippen molar-refractivity contribution in [2.24, 2.45) is 13.0 Å². The molecule has 106 valence electrons. The molecule has 0 radical (unpaired) electrons. The van der Waals surface area contributed by atoms with Gasteiger partial charge in [0, 0.05) is 13.1 Å². The van der Waals surface area contributed by atoms with E-state index < -0.39 is 0 Å². The zero-order chi connectivity index (χ0) is 13.7. The lowest BCUT2D eigenvalue weighted by Crippen LogP contribution is -2.36. The van der Waals surface area contributed by atoms with E-state index in [0.717, 1.165) is 31.5 Å².